The minimum atomic E-state index is -0.724. The molecule has 4 nitrogen and oxygen atoms in total. The van der Waals surface area contributed by atoms with Gasteiger partial charge in [-0.1, -0.05) is 0 Å². The Morgan fingerprint density at radius 3 is 2.92 bits per heavy atom. The van der Waals surface area contributed by atoms with Crippen molar-refractivity contribution in [1.29, 1.82) is 0 Å². The van der Waals surface area contributed by atoms with E-state index in [0.717, 1.165) is 12.4 Å². The molecule has 1 heterocycles. The molecule has 0 atom stereocenters. The number of aromatic nitrogens is 1. The molecule has 1 rings (SSSR count). The van der Waals surface area contributed by atoms with Crippen molar-refractivity contribution in [2.24, 2.45) is 0 Å². The second kappa shape index (κ2) is 3.17. The van der Waals surface area contributed by atoms with Crippen LogP contribution in [0.15, 0.2) is 12.4 Å². The Morgan fingerprint density at radius 1 is 1.67 bits per heavy atom. The zero-order chi connectivity index (χ0) is 9.14. The molecule has 2 N–H and O–H groups in total. The SMILES string of the molecule is COC(=O)c1cncc(F)c1N. The van der Waals surface area contributed by atoms with Gasteiger partial charge in [-0.2, -0.15) is 0 Å². The number of nitrogens with two attached hydrogens (primary N) is 1. The Bertz CT molecular complexity index is 314. The third-order valence-corrected chi connectivity index (χ3v) is 1.34. The van der Waals surface area contributed by atoms with E-state index in [1.165, 1.54) is 7.11 Å². The van der Waals surface area contributed by atoms with Crippen molar-refractivity contribution < 1.29 is 13.9 Å². The Balaban J connectivity index is 3.16. The van der Waals surface area contributed by atoms with Gasteiger partial charge in [0, 0.05) is 6.20 Å². The standard InChI is InChI=1S/C7H7FN2O2/c1-12-7(11)4-2-10-3-5(8)6(4)9/h2-3H,1H3,(H2,9,10). The number of halogens is 1. The zero-order valence-electron chi connectivity index (χ0n) is 6.37. The molecule has 0 amide bonds. The lowest BCUT2D eigenvalue weighted by atomic mass is 10.2. The lowest BCUT2D eigenvalue weighted by Crippen LogP contribution is -2.07. The highest BCUT2D eigenvalue weighted by Gasteiger charge is 2.12. The first kappa shape index (κ1) is 8.45. The van der Waals surface area contributed by atoms with Gasteiger partial charge in [-0.15, -0.1) is 0 Å². The molecule has 0 saturated heterocycles. The molecule has 0 fully saturated rings. The highest BCUT2D eigenvalue weighted by molar-refractivity contribution is 5.94. The van der Waals surface area contributed by atoms with E-state index in [4.69, 9.17) is 5.73 Å². The van der Waals surface area contributed by atoms with E-state index in [-0.39, 0.29) is 11.3 Å². The molecular weight excluding hydrogens is 163 g/mol. The van der Waals surface area contributed by atoms with Crippen molar-refractivity contribution in [1.82, 2.24) is 4.98 Å². The molecule has 0 aliphatic heterocycles. The second-order valence-corrected chi connectivity index (χ2v) is 2.07. The van der Waals surface area contributed by atoms with Crippen molar-refractivity contribution in [2.45, 2.75) is 0 Å². The Hall–Kier alpha value is -1.65. The molecule has 0 aromatic carbocycles. The third-order valence-electron chi connectivity index (χ3n) is 1.34. The van der Waals surface area contributed by atoms with Crippen molar-refractivity contribution in [3.63, 3.8) is 0 Å². The number of ether oxygens (including phenoxy) is 1. The molecule has 1 aromatic rings. The summed E-state index contributed by atoms with van der Waals surface area (Å²) in [7, 11) is 1.19. The number of carbonyl (C=O) groups is 1. The van der Waals surface area contributed by atoms with E-state index in [9.17, 15) is 9.18 Å². The first-order chi connectivity index (χ1) is 5.66. The molecule has 64 valence electrons. The normalized spacial score (nSPS) is 9.50. The quantitative estimate of drug-likeness (QED) is 0.626. The fourth-order valence-electron chi connectivity index (χ4n) is 0.718. The Kier molecular flexibility index (Phi) is 2.23. The summed E-state index contributed by atoms with van der Waals surface area (Å²) >= 11 is 0. The number of nitrogen functional groups attached to an aromatic ring is 1. The van der Waals surface area contributed by atoms with Gasteiger partial charge in [0.05, 0.1) is 19.0 Å². The van der Waals surface area contributed by atoms with E-state index in [0.29, 0.717) is 0 Å². The highest BCUT2D eigenvalue weighted by Crippen LogP contribution is 2.14. The van der Waals surface area contributed by atoms with E-state index >= 15 is 0 Å². The van der Waals surface area contributed by atoms with Crippen LogP contribution in [0.25, 0.3) is 0 Å². The van der Waals surface area contributed by atoms with Gasteiger partial charge < -0.3 is 10.5 Å². The monoisotopic (exact) mass is 170 g/mol. The molecule has 0 radical (unpaired) electrons. The maximum absolute atomic E-state index is 12.7. The van der Waals surface area contributed by atoms with Gasteiger partial charge in [0.15, 0.2) is 5.82 Å². The lowest BCUT2D eigenvalue weighted by molar-refractivity contribution is 0.0601. The lowest BCUT2D eigenvalue weighted by Gasteiger charge is -2.02. The van der Waals surface area contributed by atoms with Gasteiger partial charge in [-0.05, 0) is 0 Å². The summed E-state index contributed by atoms with van der Waals surface area (Å²) in [5.41, 5.74) is 4.95. The average molecular weight is 170 g/mol. The molecular formula is C7H7FN2O2. The number of esters is 1. The molecule has 0 aliphatic rings. The van der Waals surface area contributed by atoms with E-state index in [1.807, 2.05) is 0 Å². The molecule has 0 spiro atoms. The summed E-state index contributed by atoms with van der Waals surface area (Å²) in [6.45, 7) is 0. The molecule has 5 heteroatoms. The van der Waals surface area contributed by atoms with Crippen molar-refractivity contribution in [3.05, 3.63) is 23.8 Å². The van der Waals surface area contributed by atoms with Gasteiger partial charge >= 0.3 is 5.97 Å². The maximum Gasteiger partial charge on any atom is 0.341 e. The number of hydrogen-bond donors (Lipinski definition) is 1. The van der Waals surface area contributed by atoms with Crippen LogP contribution in [0.1, 0.15) is 10.4 Å². The molecule has 0 bridgehead atoms. The Labute approximate surface area is 68.2 Å². The third kappa shape index (κ3) is 1.34. The fraction of sp³-hybridized carbons (Fsp3) is 0.143. The number of pyridine rings is 1. The van der Waals surface area contributed by atoms with Gasteiger partial charge in [0.2, 0.25) is 0 Å². The Morgan fingerprint density at radius 2 is 2.33 bits per heavy atom. The van der Waals surface area contributed by atoms with Gasteiger partial charge in [0.1, 0.15) is 5.56 Å². The van der Waals surface area contributed by atoms with Crippen LogP contribution in [0.3, 0.4) is 0 Å². The predicted octanol–water partition coefficient (Wildman–Crippen LogP) is 0.590. The van der Waals surface area contributed by atoms with Crippen LogP contribution in [-0.2, 0) is 4.74 Å². The van der Waals surface area contributed by atoms with Crippen LogP contribution in [-0.4, -0.2) is 18.1 Å². The van der Waals surface area contributed by atoms with E-state index < -0.39 is 11.8 Å². The molecule has 12 heavy (non-hydrogen) atoms. The average Bonchev–Trinajstić information content (AvgIpc) is 2.08. The molecule has 0 unspecified atom stereocenters. The number of methoxy groups -OCH3 is 1. The number of carbonyl (C=O) groups excluding carboxylic acids is 1. The summed E-state index contributed by atoms with van der Waals surface area (Å²) in [4.78, 5) is 14.3. The van der Waals surface area contributed by atoms with Gasteiger partial charge in [-0.3, -0.25) is 4.98 Å². The van der Waals surface area contributed by atoms with Crippen LogP contribution in [0, 0.1) is 5.82 Å². The first-order valence-corrected chi connectivity index (χ1v) is 3.14. The number of nitrogens with zero attached hydrogens (tertiary/aromatic N) is 1. The smallest absolute Gasteiger partial charge is 0.341 e. The molecule has 0 saturated carbocycles. The van der Waals surface area contributed by atoms with Crippen LogP contribution in [0.4, 0.5) is 10.1 Å². The highest BCUT2D eigenvalue weighted by atomic mass is 19.1. The molecule has 1 aromatic heterocycles. The van der Waals surface area contributed by atoms with Crippen LogP contribution >= 0.6 is 0 Å². The van der Waals surface area contributed by atoms with Crippen molar-refractivity contribution >= 4 is 11.7 Å². The maximum atomic E-state index is 12.7. The minimum Gasteiger partial charge on any atom is -0.465 e. The summed E-state index contributed by atoms with van der Waals surface area (Å²) < 4.78 is 17.0. The molecule has 0 aliphatic carbocycles. The topological polar surface area (TPSA) is 65.2 Å². The van der Waals surface area contributed by atoms with Crippen molar-refractivity contribution in [2.75, 3.05) is 12.8 Å². The zero-order valence-corrected chi connectivity index (χ0v) is 6.37. The predicted molar refractivity (Wildman–Crippen MR) is 39.9 cm³/mol. The second-order valence-electron chi connectivity index (χ2n) is 2.07. The summed E-state index contributed by atoms with van der Waals surface area (Å²) in [5.74, 6) is -1.42. The summed E-state index contributed by atoms with van der Waals surface area (Å²) in [6, 6.07) is 0. The van der Waals surface area contributed by atoms with Crippen LogP contribution in [0.2, 0.25) is 0 Å². The largest absolute Gasteiger partial charge is 0.465 e. The number of hydrogen-bond acceptors (Lipinski definition) is 4. The van der Waals surface area contributed by atoms with Crippen molar-refractivity contribution in [3.8, 4) is 0 Å². The number of rotatable bonds is 1. The van der Waals surface area contributed by atoms with Gasteiger partial charge in [-0.25, -0.2) is 9.18 Å². The minimum absolute atomic E-state index is 0.0579. The number of anilines is 1. The van der Waals surface area contributed by atoms with Crippen LogP contribution < -0.4 is 5.73 Å². The summed E-state index contributed by atoms with van der Waals surface area (Å²) in [6.07, 6.45) is 2.09. The van der Waals surface area contributed by atoms with Crippen LogP contribution in [0.5, 0.6) is 0 Å². The van der Waals surface area contributed by atoms with E-state index in [2.05, 4.69) is 9.72 Å². The van der Waals surface area contributed by atoms with E-state index in [1.54, 1.807) is 0 Å². The first-order valence-electron chi connectivity index (χ1n) is 3.14. The fourth-order valence-corrected chi connectivity index (χ4v) is 0.718. The summed E-state index contributed by atoms with van der Waals surface area (Å²) in [5, 5.41) is 0. The van der Waals surface area contributed by atoms with Gasteiger partial charge in [0.25, 0.3) is 0 Å².